The first kappa shape index (κ1) is 15.3. The minimum Gasteiger partial charge on any atom is -0.376 e. The van der Waals surface area contributed by atoms with Gasteiger partial charge in [0.15, 0.2) is 0 Å². The molecule has 112 valence electrons. The van der Waals surface area contributed by atoms with Crippen molar-refractivity contribution in [2.24, 2.45) is 5.73 Å². The second-order valence-electron chi connectivity index (χ2n) is 5.57. The van der Waals surface area contributed by atoms with Crippen molar-refractivity contribution < 1.29 is 0 Å². The Labute approximate surface area is 124 Å². The van der Waals surface area contributed by atoms with E-state index in [9.17, 15) is 4.79 Å². The number of halogens is 1. The molecule has 0 aromatic carbocycles. The third kappa shape index (κ3) is 3.15. The summed E-state index contributed by atoms with van der Waals surface area (Å²) in [4.78, 5) is 12.2. The highest BCUT2D eigenvalue weighted by Crippen LogP contribution is 2.33. The van der Waals surface area contributed by atoms with Crippen molar-refractivity contribution >= 4 is 17.3 Å². The molecule has 0 unspecified atom stereocenters. The van der Waals surface area contributed by atoms with Crippen molar-refractivity contribution in [1.29, 1.82) is 0 Å². The third-order valence-electron chi connectivity index (χ3n) is 4.06. The third-order valence-corrected chi connectivity index (χ3v) is 4.42. The molecule has 1 aliphatic carbocycles. The van der Waals surface area contributed by atoms with Gasteiger partial charge in [0.2, 0.25) is 0 Å². The van der Waals surface area contributed by atoms with Gasteiger partial charge in [0.25, 0.3) is 5.56 Å². The number of rotatable bonds is 6. The van der Waals surface area contributed by atoms with Gasteiger partial charge in [-0.15, -0.1) is 0 Å². The number of nitrogens with two attached hydrogens (primary N) is 1. The zero-order valence-corrected chi connectivity index (χ0v) is 12.7. The van der Waals surface area contributed by atoms with Gasteiger partial charge in [-0.05, 0) is 19.3 Å². The maximum absolute atomic E-state index is 12.2. The Morgan fingerprint density at radius 1 is 1.50 bits per heavy atom. The first-order valence-electron chi connectivity index (χ1n) is 7.36. The second kappa shape index (κ2) is 6.59. The van der Waals surface area contributed by atoms with Crippen LogP contribution in [0.3, 0.4) is 0 Å². The summed E-state index contributed by atoms with van der Waals surface area (Å²) in [5, 5.41) is 7.78. The summed E-state index contributed by atoms with van der Waals surface area (Å²) in [5.74, 6) is 0. The molecule has 1 aromatic heterocycles. The van der Waals surface area contributed by atoms with E-state index in [1.54, 1.807) is 6.20 Å². The fourth-order valence-corrected chi connectivity index (χ4v) is 2.93. The van der Waals surface area contributed by atoms with Gasteiger partial charge < -0.3 is 11.1 Å². The molecule has 0 bridgehead atoms. The molecule has 0 saturated heterocycles. The molecule has 0 aliphatic heterocycles. The van der Waals surface area contributed by atoms with Gasteiger partial charge in [-0.25, -0.2) is 4.68 Å². The Morgan fingerprint density at radius 2 is 2.20 bits per heavy atom. The number of unbranched alkanes of at least 4 members (excludes halogenated alkanes) is 1. The lowest BCUT2D eigenvalue weighted by Gasteiger charge is -2.30. The predicted octanol–water partition coefficient (Wildman–Crippen LogP) is 2.38. The Bertz CT molecular complexity index is 508. The van der Waals surface area contributed by atoms with E-state index in [1.165, 1.54) is 4.68 Å². The average molecular weight is 299 g/mol. The highest BCUT2D eigenvalue weighted by Gasteiger charge is 2.33. The standard InChI is InChI=1S/C14H23ClN4O/c1-2-3-8-19-13(20)12(15)11(9-17-19)18-14(10-16)6-4-5-7-14/h9,18H,2-8,10,16H2,1H3. The second-order valence-corrected chi connectivity index (χ2v) is 5.95. The van der Waals surface area contributed by atoms with E-state index >= 15 is 0 Å². The number of anilines is 1. The molecule has 1 heterocycles. The quantitative estimate of drug-likeness (QED) is 0.846. The Hall–Kier alpha value is -1.07. The van der Waals surface area contributed by atoms with Crippen molar-refractivity contribution in [3.63, 3.8) is 0 Å². The molecule has 0 atom stereocenters. The fraction of sp³-hybridized carbons (Fsp3) is 0.714. The highest BCUT2D eigenvalue weighted by molar-refractivity contribution is 6.32. The van der Waals surface area contributed by atoms with Crippen LogP contribution in [0.15, 0.2) is 11.0 Å². The van der Waals surface area contributed by atoms with Crippen molar-refractivity contribution in [3.8, 4) is 0 Å². The van der Waals surface area contributed by atoms with E-state index < -0.39 is 0 Å². The van der Waals surface area contributed by atoms with Crippen molar-refractivity contribution in [3.05, 3.63) is 21.6 Å². The summed E-state index contributed by atoms with van der Waals surface area (Å²) in [7, 11) is 0. The molecule has 6 heteroatoms. The Balaban J connectivity index is 2.21. The lowest BCUT2D eigenvalue weighted by Crippen LogP contribution is -2.43. The summed E-state index contributed by atoms with van der Waals surface area (Å²) >= 11 is 6.20. The van der Waals surface area contributed by atoms with Crippen LogP contribution in [0.2, 0.25) is 5.02 Å². The Morgan fingerprint density at radius 3 is 2.80 bits per heavy atom. The maximum Gasteiger partial charge on any atom is 0.287 e. The first-order valence-corrected chi connectivity index (χ1v) is 7.73. The maximum atomic E-state index is 12.2. The molecule has 1 saturated carbocycles. The molecule has 1 aromatic rings. The molecular formula is C14H23ClN4O. The van der Waals surface area contributed by atoms with E-state index in [-0.39, 0.29) is 16.1 Å². The minimum absolute atomic E-state index is 0.132. The molecule has 1 aliphatic rings. The van der Waals surface area contributed by atoms with Crippen LogP contribution in [0.4, 0.5) is 5.69 Å². The summed E-state index contributed by atoms with van der Waals surface area (Å²) in [5.41, 5.74) is 6.14. The smallest absolute Gasteiger partial charge is 0.287 e. The van der Waals surface area contributed by atoms with Crippen LogP contribution in [0.1, 0.15) is 45.4 Å². The molecule has 20 heavy (non-hydrogen) atoms. The van der Waals surface area contributed by atoms with Crippen LogP contribution in [0, 0.1) is 0 Å². The van der Waals surface area contributed by atoms with Crippen LogP contribution in [0.25, 0.3) is 0 Å². The van der Waals surface area contributed by atoms with Gasteiger partial charge in [0, 0.05) is 18.6 Å². The SMILES string of the molecule is CCCCn1ncc(NC2(CN)CCCC2)c(Cl)c1=O. The van der Waals surface area contributed by atoms with E-state index in [0.29, 0.717) is 18.8 Å². The van der Waals surface area contributed by atoms with Crippen LogP contribution in [-0.4, -0.2) is 21.9 Å². The molecule has 0 spiro atoms. The number of nitrogens with one attached hydrogen (secondary N) is 1. The highest BCUT2D eigenvalue weighted by atomic mass is 35.5. The molecule has 2 rings (SSSR count). The van der Waals surface area contributed by atoms with Crippen LogP contribution in [0.5, 0.6) is 0 Å². The Kier molecular flexibility index (Phi) is 5.05. The lowest BCUT2D eigenvalue weighted by atomic mass is 9.97. The van der Waals surface area contributed by atoms with Crippen LogP contribution < -0.4 is 16.6 Å². The largest absolute Gasteiger partial charge is 0.376 e. The first-order chi connectivity index (χ1) is 9.62. The molecule has 0 amide bonds. The lowest BCUT2D eigenvalue weighted by molar-refractivity contribution is 0.490. The number of nitrogens with zero attached hydrogens (tertiary/aromatic N) is 2. The zero-order valence-electron chi connectivity index (χ0n) is 12.0. The molecule has 1 fully saturated rings. The molecular weight excluding hydrogens is 276 g/mol. The number of aromatic nitrogens is 2. The zero-order chi connectivity index (χ0) is 14.6. The number of hydrogen-bond acceptors (Lipinski definition) is 4. The minimum atomic E-state index is -0.227. The monoisotopic (exact) mass is 298 g/mol. The van der Waals surface area contributed by atoms with Gasteiger partial charge in [-0.1, -0.05) is 37.8 Å². The van der Waals surface area contributed by atoms with E-state index in [1.807, 2.05) is 0 Å². The number of aryl methyl sites for hydroxylation is 1. The molecule has 5 nitrogen and oxygen atoms in total. The van der Waals surface area contributed by atoms with Gasteiger partial charge in [-0.2, -0.15) is 5.10 Å². The fourth-order valence-electron chi connectivity index (χ4n) is 2.74. The van der Waals surface area contributed by atoms with Gasteiger partial charge >= 0.3 is 0 Å². The molecule has 0 radical (unpaired) electrons. The topological polar surface area (TPSA) is 72.9 Å². The van der Waals surface area contributed by atoms with Crippen LogP contribution >= 0.6 is 11.6 Å². The number of hydrogen-bond donors (Lipinski definition) is 2. The van der Waals surface area contributed by atoms with Gasteiger partial charge in [0.1, 0.15) is 5.02 Å². The summed E-state index contributed by atoms with van der Waals surface area (Å²) in [6.07, 6.45) is 7.92. The van der Waals surface area contributed by atoms with Crippen molar-refractivity contribution in [1.82, 2.24) is 9.78 Å². The van der Waals surface area contributed by atoms with Gasteiger partial charge in [0.05, 0.1) is 11.9 Å². The van der Waals surface area contributed by atoms with Crippen molar-refractivity contribution in [2.75, 3.05) is 11.9 Å². The van der Waals surface area contributed by atoms with Crippen molar-refractivity contribution in [2.45, 2.75) is 57.5 Å². The van der Waals surface area contributed by atoms with E-state index in [2.05, 4.69) is 17.3 Å². The molecule has 3 N–H and O–H groups in total. The predicted molar refractivity (Wildman–Crippen MR) is 82.3 cm³/mol. The van der Waals surface area contributed by atoms with E-state index in [0.717, 1.165) is 38.5 Å². The summed E-state index contributed by atoms with van der Waals surface area (Å²) in [6, 6.07) is 0. The van der Waals surface area contributed by atoms with Gasteiger partial charge in [-0.3, -0.25) is 4.79 Å². The van der Waals surface area contributed by atoms with Crippen LogP contribution in [-0.2, 0) is 6.54 Å². The summed E-state index contributed by atoms with van der Waals surface area (Å²) < 4.78 is 1.43. The average Bonchev–Trinajstić information content (AvgIpc) is 2.92. The summed E-state index contributed by atoms with van der Waals surface area (Å²) in [6.45, 7) is 3.23. The normalized spacial score (nSPS) is 17.4. The van der Waals surface area contributed by atoms with E-state index in [4.69, 9.17) is 17.3 Å².